The fourth-order valence-electron chi connectivity index (χ4n) is 2.77. The minimum atomic E-state index is -3.53. The molecular weight excluding hydrogens is 386 g/mol. The van der Waals surface area contributed by atoms with Crippen molar-refractivity contribution < 1.29 is 22.6 Å². The van der Waals surface area contributed by atoms with E-state index in [1.807, 2.05) is 0 Å². The zero-order valence-corrected chi connectivity index (χ0v) is 15.7. The molecule has 0 aromatic heterocycles. The third-order valence-electron chi connectivity index (χ3n) is 3.96. The lowest BCUT2D eigenvalue weighted by molar-refractivity contribution is 0.234. The zero-order chi connectivity index (χ0) is 18.0. The highest BCUT2D eigenvalue weighted by molar-refractivity contribution is 8.26. The second kappa shape index (κ2) is 8.41. The molecule has 26 heavy (non-hydrogen) atoms. The lowest BCUT2D eigenvalue weighted by atomic mass is 10.2. The summed E-state index contributed by atoms with van der Waals surface area (Å²) in [6.45, 7) is 0.658. The summed E-state index contributed by atoms with van der Waals surface area (Å²) in [6.07, 6.45) is 0.941. The molecule has 5 nitrogen and oxygen atoms in total. The van der Waals surface area contributed by atoms with Gasteiger partial charge in [-0.2, -0.15) is 0 Å². The first-order valence-corrected chi connectivity index (χ1v) is 9.44. The smallest absolute Gasteiger partial charge is 0.206 e. The third-order valence-corrected chi connectivity index (χ3v) is 5.93. The van der Waals surface area contributed by atoms with Crippen LogP contribution in [0.25, 0.3) is 0 Å². The maximum atomic E-state index is 14.3. The predicted molar refractivity (Wildman–Crippen MR) is 103 cm³/mol. The standard InChI is InChI=1S/C17H20F2N2O3S.ClH/c1-20-10-4-7-17-24-16-11-12(18)8-9-15(16)21(25(17,22)23)14-6-3-2-5-13(14)19;/h2-3,5-6,8-9,11,17,20,22-23H,4,7,10H2,1H3;1H/t17-;/m0./s1. The number of rotatable bonds is 5. The molecule has 1 heterocycles. The minimum absolute atomic E-state index is 0. The number of anilines is 2. The Kier molecular flexibility index (Phi) is 6.70. The molecule has 0 unspecified atom stereocenters. The van der Waals surface area contributed by atoms with Gasteiger partial charge in [-0.15, -0.1) is 12.4 Å². The molecule has 0 spiro atoms. The molecule has 0 saturated heterocycles. The van der Waals surface area contributed by atoms with Crippen molar-refractivity contribution in [3.63, 3.8) is 0 Å². The number of nitrogens with zero attached hydrogens (tertiary/aromatic N) is 1. The summed E-state index contributed by atoms with van der Waals surface area (Å²) in [5.74, 6) is -0.961. The van der Waals surface area contributed by atoms with Gasteiger partial charge in [-0.25, -0.2) is 13.1 Å². The Morgan fingerprint density at radius 3 is 2.58 bits per heavy atom. The monoisotopic (exact) mass is 406 g/mol. The molecule has 9 heteroatoms. The molecule has 2 aromatic rings. The van der Waals surface area contributed by atoms with Crippen LogP contribution in [0.1, 0.15) is 12.8 Å². The number of fused-ring (bicyclic) bond motifs is 1. The average molecular weight is 407 g/mol. The molecule has 3 rings (SSSR count). The van der Waals surface area contributed by atoms with Crippen LogP contribution in [0.2, 0.25) is 0 Å². The first kappa shape index (κ1) is 20.7. The fourth-order valence-corrected chi connectivity index (χ4v) is 4.60. The number of halogens is 3. The molecule has 1 aliphatic rings. The average Bonchev–Trinajstić information content (AvgIpc) is 2.57. The third kappa shape index (κ3) is 3.89. The van der Waals surface area contributed by atoms with Crippen LogP contribution in [-0.2, 0) is 0 Å². The molecule has 0 bridgehead atoms. The van der Waals surface area contributed by atoms with Crippen molar-refractivity contribution in [2.24, 2.45) is 0 Å². The maximum Gasteiger partial charge on any atom is 0.206 e. The molecule has 2 aromatic carbocycles. The maximum absolute atomic E-state index is 14.3. The van der Waals surface area contributed by atoms with Gasteiger partial charge in [0.1, 0.15) is 17.3 Å². The lowest BCUT2D eigenvalue weighted by Crippen LogP contribution is -2.39. The van der Waals surface area contributed by atoms with Gasteiger partial charge in [-0.1, -0.05) is 22.9 Å². The molecular formula is C17H21ClF2N2O3S. The van der Waals surface area contributed by atoms with Crippen molar-refractivity contribution >= 4 is 34.6 Å². The van der Waals surface area contributed by atoms with Gasteiger partial charge in [0, 0.05) is 12.5 Å². The van der Waals surface area contributed by atoms with E-state index in [1.54, 1.807) is 13.1 Å². The van der Waals surface area contributed by atoms with Crippen LogP contribution in [0, 0.1) is 11.6 Å². The number of nitrogens with one attached hydrogen (secondary N) is 1. The van der Waals surface area contributed by atoms with Crippen LogP contribution in [-0.4, -0.2) is 28.1 Å². The first-order valence-electron chi connectivity index (χ1n) is 7.88. The summed E-state index contributed by atoms with van der Waals surface area (Å²) in [7, 11) is -1.74. The van der Waals surface area contributed by atoms with Crippen LogP contribution in [0.3, 0.4) is 0 Å². The number of para-hydroxylation sites is 1. The topological polar surface area (TPSA) is 65.0 Å². The highest BCUT2D eigenvalue weighted by atomic mass is 35.5. The van der Waals surface area contributed by atoms with Crippen molar-refractivity contribution in [1.29, 1.82) is 0 Å². The Labute approximate surface area is 158 Å². The van der Waals surface area contributed by atoms with Crippen LogP contribution < -0.4 is 14.4 Å². The summed E-state index contributed by atoms with van der Waals surface area (Å²) >= 11 is 0. The van der Waals surface area contributed by atoms with Crippen molar-refractivity contribution in [3.05, 3.63) is 54.1 Å². The van der Waals surface area contributed by atoms with Gasteiger partial charge in [-0.05, 0) is 44.3 Å². The quantitative estimate of drug-likeness (QED) is 0.616. The fraction of sp³-hybridized carbons (Fsp3) is 0.294. The summed E-state index contributed by atoms with van der Waals surface area (Å²) in [4.78, 5) is 0. The van der Waals surface area contributed by atoms with Gasteiger partial charge < -0.3 is 10.1 Å². The second-order valence-electron chi connectivity index (χ2n) is 5.71. The van der Waals surface area contributed by atoms with Gasteiger partial charge in [-0.3, -0.25) is 9.11 Å². The van der Waals surface area contributed by atoms with E-state index < -0.39 is 27.8 Å². The van der Waals surface area contributed by atoms with E-state index in [0.29, 0.717) is 19.4 Å². The van der Waals surface area contributed by atoms with E-state index in [-0.39, 0.29) is 29.5 Å². The van der Waals surface area contributed by atoms with Crippen molar-refractivity contribution in [2.75, 3.05) is 17.9 Å². The summed E-state index contributed by atoms with van der Waals surface area (Å²) in [5, 5.41) is 2.97. The first-order chi connectivity index (χ1) is 11.9. The van der Waals surface area contributed by atoms with Gasteiger partial charge in [0.15, 0.2) is 5.75 Å². The Bertz CT molecular complexity index is 767. The van der Waals surface area contributed by atoms with Gasteiger partial charge >= 0.3 is 0 Å². The van der Waals surface area contributed by atoms with Crippen LogP contribution in [0.4, 0.5) is 20.2 Å². The molecule has 144 valence electrons. The Balaban J connectivity index is 0.00000243. The van der Waals surface area contributed by atoms with Crippen molar-refractivity contribution in [1.82, 2.24) is 5.32 Å². The molecule has 1 atom stereocenters. The SMILES string of the molecule is CNCCC[C@H]1Oc2cc(F)ccc2N(c2ccccc2F)S1(O)O.Cl. The number of hydrogen-bond acceptors (Lipinski definition) is 5. The highest BCUT2D eigenvalue weighted by Crippen LogP contribution is 2.61. The van der Waals surface area contributed by atoms with Crippen LogP contribution in [0.5, 0.6) is 5.75 Å². The summed E-state index contributed by atoms with van der Waals surface area (Å²) in [5.41, 5.74) is -0.761. The van der Waals surface area contributed by atoms with Gasteiger partial charge in [0.2, 0.25) is 5.44 Å². The minimum Gasteiger partial charge on any atom is -0.466 e. The van der Waals surface area contributed by atoms with Crippen LogP contribution in [0.15, 0.2) is 42.5 Å². The molecule has 3 N–H and O–H groups in total. The number of benzene rings is 2. The van der Waals surface area contributed by atoms with E-state index in [9.17, 15) is 17.9 Å². The Hall–Kier alpha value is -1.58. The molecule has 0 fully saturated rings. The summed E-state index contributed by atoms with van der Waals surface area (Å²) < 4.78 is 56.5. The normalized spacial score (nSPS) is 19.1. The highest BCUT2D eigenvalue weighted by Gasteiger charge is 2.42. The largest absolute Gasteiger partial charge is 0.466 e. The van der Waals surface area contributed by atoms with Crippen molar-refractivity contribution in [2.45, 2.75) is 18.3 Å². The van der Waals surface area contributed by atoms with Gasteiger partial charge in [0.05, 0.1) is 5.69 Å². The van der Waals surface area contributed by atoms with E-state index in [2.05, 4.69) is 5.32 Å². The van der Waals surface area contributed by atoms with Crippen molar-refractivity contribution in [3.8, 4) is 5.75 Å². The zero-order valence-electron chi connectivity index (χ0n) is 14.1. The summed E-state index contributed by atoms with van der Waals surface area (Å²) in [6, 6.07) is 9.50. The lowest BCUT2D eigenvalue weighted by Gasteiger charge is -2.51. The molecule has 0 amide bonds. The van der Waals surface area contributed by atoms with E-state index >= 15 is 0 Å². The number of ether oxygens (including phenoxy) is 1. The van der Waals surface area contributed by atoms with E-state index in [4.69, 9.17) is 4.74 Å². The Morgan fingerprint density at radius 1 is 1.15 bits per heavy atom. The second-order valence-corrected chi connectivity index (χ2v) is 7.73. The van der Waals surface area contributed by atoms with Gasteiger partial charge in [0.25, 0.3) is 0 Å². The molecule has 0 radical (unpaired) electrons. The van der Waals surface area contributed by atoms with Crippen LogP contribution >= 0.6 is 23.2 Å². The van der Waals surface area contributed by atoms with E-state index in [0.717, 1.165) is 4.31 Å². The van der Waals surface area contributed by atoms with E-state index in [1.165, 1.54) is 36.4 Å². The molecule has 1 aliphatic heterocycles. The Morgan fingerprint density at radius 2 is 1.88 bits per heavy atom. The molecule has 0 aliphatic carbocycles. The molecule has 0 saturated carbocycles. The predicted octanol–water partition coefficient (Wildman–Crippen LogP) is 4.91. The number of hydrogen-bond donors (Lipinski definition) is 3.